The van der Waals surface area contributed by atoms with Gasteiger partial charge in [-0.05, 0) is 37.0 Å². The molecule has 1 atom stereocenters. The fourth-order valence-corrected chi connectivity index (χ4v) is 3.61. The van der Waals surface area contributed by atoms with Gasteiger partial charge >= 0.3 is 0 Å². The lowest BCUT2D eigenvalue weighted by atomic mass is 9.76. The number of piperidine rings is 1. The Labute approximate surface area is 158 Å². The minimum absolute atomic E-state index is 0.0324. The van der Waals surface area contributed by atoms with E-state index < -0.39 is 0 Å². The minimum atomic E-state index is -0.334. The van der Waals surface area contributed by atoms with Gasteiger partial charge in [0.2, 0.25) is 0 Å². The van der Waals surface area contributed by atoms with Crippen LogP contribution in [0.4, 0.5) is 10.2 Å². The number of hydrogen-bond donors (Lipinski definition) is 1. The smallest absolute Gasteiger partial charge is 0.273 e. The normalized spacial score (nSPS) is 19.8. The molecule has 144 valence electrons. The van der Waals surface area contributed by atoms with Crippen LogP contribution in [0.2, 0.25) is 0 Å². The standard InChI is InChI=1S/C20H25FN4O2/c1-24(2)19(27)17-11-22-12-18(23-17)25-9-3-8-20(13-25,14-26)10-15-4-6-16(21)7-5-15/h4-7,11-12,26H,3,8-10,13-14H2,1-2H3/t20-/m1/s1. The minimum Gasteiger partial charge on any atom is -0.396 e. The molecule has 27 heavy (non-hydrogen) atoms. The summed E-state index contributed by atoms with van der Waals surface area (Å²) in [5, 5.41) is 10.1. The molecule has 2 aromatic rings. The number of aliphatic hydroxyl groups is 1. The van der Waals surface area contributed by atoms with Crippen molar-refractivity contribution in [2.24, 2.45) is 5.41 Å². The van der Waals surface area contributed by atoms with Crippen molar-refractivity contribution in [1.29, 1.82) is 0 Å². The van der Waals surface area contributed by atoms with E-state index in [1.165, 1.54) is 23.2 Å². The summed E-state index contributed by atoms with van der Waals surface area (Å²) in [7, 11) is 3.36. The number of benzene rings is 1. The summed E-state index contributed by atoms with van der Waals surface area (Å²) < 4.78 is 13.2. The Bertz CT molecular complexity index is 797. The predicted octanol–water partition coefficient (Wildman–Crippen LogP) is 2.14. The van der Waals surface area contributed by atoms with Gasteiger partial charge in [-0.25, -0.2) is 9.37 Å². The molecule has 0 saturated carbocycles. The highest BCUT2D eigenvalue weighted by atomic mass is 19.1. The third kappa shape index (κ3) is 4.42. The zero-order valence-electron chi connectivity index (χ0n) is 15.7. The summed E-state index contributed by atoms with van der Waals surface area (Å²) >= 11 is 0. The summed E-state index contributed by atoms with van der Waals surface area (Å²) in [6.45, 7) is 1.43. The number of amides is 1. The first kappa shape index (κ1) is 19.2. The third-order valence-electron chi connectivity index (χ3n) is 5.06. The van der Waals surface area contributed by atoms with E-state index in [9.17, 15) is 14.3 Å². The highest BCUT2D eigenvalue weighted by molar-refractivity contribution is 5.91. The molecule has 0 bridgehead atoms. The molecule has 1 N–H and O–H groups in total. The van der Waals surface area contributed by atoms with Crippen LogP contribution < -0.4 is 4.90 Å². The molecule has 0 spiro atoms. The Morgan fingerprint density at radius 1 is 1.30 bits per heavy atom. The lowest BCUT2D eigenvalue weighted by Gasteiger charge is -2.42. The van der Waals surface area contributed by atoms with E-state index in [-0.39, 0.29) is 23.7 Å². The quantitative estimate of drug-likeness (QED) is 0.871. The molecule has 0 unspecified atom stereocenters. The molecule has 1 aliphatic rings. The maximum atomic E-state index is 13.2. The topological polar surface area (TPSA) is 69.6 Å². The molecule has 1 fully saturated rings. The lowest BCUT2D eigenvalue weighted by molar-refractivity contribution is 0.0821. The zero-order valence-corrected chi connectivity index (χ0v) is 15.7. The Hall–Kier alpha value is -2.54. The molecule has 1 saturated heterocycles. The van der Waals surface area contributed by atoms with Crippen molar-refractivity contribution in [2.75, 3.05) is 38.7 Å². The van der Waals surface area contributed by atoms with Crippen LogP contribution in [0, 0.1) is 11.2 Å². The van der Waals surface area contributed by atoms with Crippen molar-refractivity contribution in [2.45, 2.75) is 19.3 Å². The molecular formula is C20H25FN4O2. The molecule has 1 aliphatic heterocycles. The molecular weight excluding hydrogens is 347 g/mol. The summed E-state index contributed by atoms with van der Waals surface area (Å²) in [5.74, 6) is 0.181. The van der Waals surface area contributed by atoms with E-state index in [2.05, 4.69) is 14.9 Å². The molecule has 7 heteroatoms. The second kappa shape index (κ2) is 8.00. The molecule has 2 heterocycles. The van der Waals surface area contributed by atoms with Crippen LogP contribution in [-0.4, -0.2) is 59.7 Å². The maximum absolute atomic E-state index is 13.2. The van der Waals surface area contributed by atoms with Crippen LogP contribution in [0.25, 0.3) is 0 Å². The Morgan fingerprint density at radius 3 is 2.70 bits per heavy atom. The second-order valence-corrected chi connectivity index (χ2v) is 7.45. The second-order valence-electron chi connectivity index (χ2n) is 7.45. The number of hydrogen-bond acceptors (Lipinski definition) is 5. The molecule has 6 nitrogen and oxygen atoms in total. The van der Waals surface area contributed by atoms with E-state index in [4.69, 9.17) is 0 Å². The number of carbonyl (C=O) groups excluding carboxylic acids is 1. The van der Waals surface area contributed by atoms with Crippen LogP contribution in [0.3, 0.4) is 0 Å². The predicted molar refractivity (Wildman–Crippen MR) is 101 cm³/mol. The van der Waals surface area contributed by atoms with Crippen molar-refractivity contribution >= 4 is 11.7 Å². The fourth-order valence-electron chi connectivity index (χ4n) is 3.61. The summed E-state index contributed by atoms with van der Waals surface area (Å²) in [6.07, 6.45) is 5.55. The molecule has 1 amide bonds. The molecule has 1 aromatic carbocycles. The van der Waals surface area contributed by atoms with Crippen LogP contribution in [0.15, 0.2) is 36.7 Å². The van der Waals surface area contributed by atoms with Gasteiger partial charge in [-0.2, -0.15) is 0 Å². The average molecular weight is 372 g/mol. The van der Waals surface area contributed by atoms with Gasteiger partial charge < -0.3 is 14.9 Å². The maximum Gasteiger partial charge on any atom is 0.273 e. The fraction of sp³-hybridized carbons (Fsp3) is 0.450. The van der Waals surface area contributed by atoms with Crippen molar-refractivity contribution in [3.05, 3.63) is 53.7 Å². The molecule has 1 aromatic heterocycles. The van der Waals surface area contributed by atoms with E-state index in [0.29, 0.717) is 24.5 Å². The number of aromatic nitrogens is 2. The van der Waals surface area contributed by atoms with E-state index in [1.54, 1.807) is 32.4 Å². The highest BCUT2D eigenvalue weighted by Gasteiger charge is 2.36. The molecule has 0 aliphatic carbocycles. The van der Waals surface area contributed by atoms with E-state index >= 15 is 0 Å². The lowest BCUT2D eigenvalue weighted by Crippen LogP contribution is -2.47. The summed E-state index contributed by atoms with van der Waals surface area (Å²) in [4.78, 5) is 24.4. The van der Waals surface area contributed by atoms with Crippen LogP contribution >= 0.6 is 0 Å². The van der Waals surface area contributed by atoms with Gasteiger partial charge in [0.15, 0.2) is 0 Å². The largest absolute Gasteiger partial charge is 0.396 e. The van der Waals surface area contributed by atoms with Gasteiger partial charge in [0.1, 0.15) is 17.3 Å². The van der Waals surface area contributed by atoms with E-state index in [0.717, 1.165) is 24.9 Å². The Balaban J connectivity index is 1.81. The van der Waals surface area contributed by atoms with Gasteiger partial charge in [0.25, 0.3) is 5.91 Å². The first-order chi connectivity index (χ1) is 12.9. The van der Waals surface area contributed by atoms with Gasteiger partial charge in [0.05, 0.1) is 19.0 Å². The number of aliphatic hydroxyl groups excluding tert-OH is 1. The van der Waals surface area contributed by atoms with E-state index in [1.807, 2.05) is 0 Å². The van der Waals surface area contributed by atoms with Crippen LogP contribution in [0.5, 0.6) is 0 Å². The first-order valence-electron chi connectivity index (χ1n) is 9.06. The van der Waals surface area contributed by atoms with Crippen molar-refractivity contribution in [1.82, 2.24) is 14.9 Å². The van der Waals surface area contributed by atoms with Gasteiger partial charge in [-0.15, -0.1) is 0 Å². The van der Waals surface area contributed by atoms with Gasteiger partial charge in [-0.1, -0.05) is 12.1 Å². The monoisotopic (exact) mass is 372 g/mol. The van der Waals surface area contributed by atoms with Crippen molar-refractivity contribution in [3.8, 4) is 0 Å². The zero-order chi connectivity index (χ0) is 19.4. The SMILES string of the molecule is CN(C)C(=O)c1cncc(N2CCC[C@@](CO)(Cc3ccc(F)cc3)C2)n1. The number of nitrogens with zero attached hydrogens (tertiary/aromatic N) is 4. The van der Waals surface area contributed by atoms with Crippen molar-refractivity contribution < 1.29 is 14.3 Å². The van der Waals surface area contributed by atoms with Crippen molar-refractivity contribution in [3.63, 3.8) is 0 Å². The summed E-state index contributed by atoms with van der Waals surface area (Å²) in [5.41, 5.74) is 0.963. The Kier molecular flexibility index (Phi) is 5.70. The number of carbonyl (C=O) groups is 1. The third-order valence-corrected chi connectivity index (χ3v) is 5.06. The number of rotatable bonds is 5. The Morgan fingerprint density at radius 2 is 2.04 bits per heavy atom. The first-order valence-corrected chi connectivity index (χ1v) is 9.06. The van der Waals surface area contributed by atoms with Gasteiger partial charge in [-0.3, -0.25) is 9.78 Å². The summed E-state index contributed by atoms with van der Waals surface area (Å²) in [6, 6.07) is 6.43. The molecule has 3 rings (SSSR count). The number of anilines is 1. The van der Waals surface area contributed by atoms with Crippen LogP contribution in [-0.2, 0) is 6.42 Å². The number of halogens is 1. The van der Waals surface area contributed by atoms with Crippen LogP contribution in [0.1, 0.15) is 28.9 Å². The highest BCUT2D eigenvalue weighted by Crippen LogP contribution is 2.35. The average Bonchev–Trinajstić information content (AvgIpc) is 2.69. The molecule has 0 radical (unpaired) electrons. The van der Waals surface area contributed by atoms with Gasteiger partial charge in [0, 0.05) is 32.6 Å².